The molecule has 1 saturated carbocycles. The number of carboxylic acids is 1. The quantitative estimate of drug-likeness (QED) is 0.623. The Morgan fingerprint density at radius 1 is 1.26 bits per heavy atom. The van der Waals surface area contributed by atoms with Crippen molar-refractivity contribution in [1.29, 1.82) is 0 Å². The van der Waals surface area contributed by atoms with Crippen LogP contribution in [0.15, 0.2) is 23.1 Å². The summed E-state index contributed by atoms with van der Waals surface area (Å²) < 4.78 is 16.4. The third-order valence-electron chi connectivity index (χ3n) is 5.08. The van der Waals surface area contributed by atoms with Gasteiger partial charge >= 0.3 is 5.97 Å². The Morgan fingerprint density at radius 3 is 2.32 bits per heavy atom. The summed E-state index contributed by atoms with van der Waals surface area (Å²) in [5.41, 5.74) is 4.81. The molecule has 11 heteroatoms. The summed E-state index contributed by atoms with van der Waals surface area (Å²) in [5.74, 6) is -2.00. The molecule has 2 heterocycles. The average Bonchev–Trinajstić information content (AvgIpc) is 3.54. The molecule has 172 valence electrons. The molecule has 1 saturated heterocycles. The molecule has 0 bridgehead atoms. The lowest BCUT2D eigenvalue weighted by Gasteiger charge is -2.30. The summed E-state index contributed by atoms with van der Waals surface area (Å²) in [6, 6.07) is 3.08. The van der Waals surface area contributed by atoms with Gasteiger partial charge in [0, 0.05) is 50.2 Å². The smallest absolute Gasteiger partial charge is 0.341 e. The molecule has 2 aromatic rings. The number of nitrogens with two attached hydrogens (primary N) is 1. The van der Waals surface area contributed by atoms with E-state index in [1.54, 1.807) is 13.0 Å². The summed E-state index contributed by atoms with van der Waals surface area (Å²) in [6.07, 6.45) is 3.73. The first-order chi connectivity index (χ1) is 13.8. The van der Waals surface area contributed by atoms with Crippen molar-refractivity contribution in [1.82, 2.24) is 9.88 Å². The van der Waals surface area contributed by atoms with Crippen LogP contribution in [0.3, 0.4) is 0 Å². The molecule has 6 N–H and O–H groups in total. The van der Waals surface area contributed by atoms with Gasteiger partial charge < -0.3 is 31.1 Å². The first-order valence-electron chi connectivity index (χ1n) is 9.69. The molecular formula is C20H28ClFN4O5. The second-order valence-electron chi connectivity index (χ2n) is 7.19. The third kappa shape index (κ3) is 5.93. The van der Waals surface area contributed by atoms with E-state index in [-0.39, 0.29) is 40.8 Å². The van der Waals surface area contributed by atoms with Gasteiger partial charge in [0.1, 0.15) is 11.4 Å². The maximum atomic E-state index is 14.6. The van der Waals surface area contributed by atoms with Gasteiger partial charge in [-0.2, -0.15) is 0 Å². The number of carbonyl (C=O) groups is 2. The number of carboxylic acid groups (broad SMARTS) is 1. The highest BCUT2D eigenvalue weighted by Crippen LogP contribution is 2.38. The summed E-state index contributed by atoms with van der Waals surface area (Å²) >= 11 is 0. The van der Waals surface area contributed by atoms with Gasteiger partial charge in [-0.3, -0.25) is 9.59 Å². The largest absolute Gasteiger partial charge is 0.477 e. The van der Waals surface area contributed by atoms with Crippen molar-refractivity contribution in [3.05, 3.63) is 39.9 Å². The second kappa shape index (κ2) is 11.1. The number of nitrogens with zero attached hydrogens (tertiary/aromatic N) is 2. The van der Waals surface area contributed by atoms with Crippen molar-refractivity contribution in [3.63, 3.8) is 0 Å². The van der Waals surface area contributed by atoms with Crippen LogP contribution in [0.1, 0.15) is 42.6 Å². The number of primary amides is 1. The van der Waals surface area contributed by atoms with Crippen molar-refractivity contribution >= 4 is 40.9 Å². The summed E-state index contributed by atoms with van der Waals surface area (Å²) in [7, 11) is 0. The first kappa shape index (κ1) is 26.3. The SMILES string of the molecule is CCC(N)=O.Cl.O.O=C(O)c1cn(C2CC2)c2cc(N3CCNCC3)c(F)cc2c1=O. The molecular weight excluding hydrogens is 431 g/mol. The standard InChI is InChI=1S/C17H18FN3O3.C3H7NO.ClH.H2O/c18-13-7-11-14(8-15(13)20-5-3-19-4-6-20)21(10-1-2-10)9-12(16(11)22)17(23)24;1-2-3(4)5;;/h7-10,19H,1-6H2,(H,23,24);2H2,1H3,(H2,4,5);1H;1H2. The fraction of sp³-hybridized carbons (Fsp3) is 0.450. The van der Waals surface area contributed by atoms with Crippen LogP contribution < -0.4 is 21.4 Å². The zero-order chi connectivity index (χ0) is 21.1. The number of piperazine rings is 1. The molecule has 0 radical (unpaired) electrons. The minimum absolute atomic E-state index is 0. The molecule has 1 amide bonds. The number of halogens is 2. The Labute approximate surface area is 184 Å². The number of benzene rings is 1. The van der Waals surface area contributed by atoms with Crippen molar-refractivity contribution in [2.24, 2.45) is 5.73 Å². The normalized spacial score (nSPS) is 15.2. The van der Waals surface area contributed by atoms with Crippen molar-refractivity contribution in [3.8, 4) is 0 Å². The maximum absolute atomic E-state index is 14.6. The lowest BCUT2D eigenvalue weighted by molar-refractivity contribution is -0.117. The monoisotopic (exact) mass is 458 g/mol. The number of amides is 1. The molecule has 1 aliphatic carbocycles. The molecule has 2 aliphatic rings. The number of pyridine rings is 1. The number of anilines is 1. The highest BCUT2D eigenvalue weighted by atomic mass is 35.5. The molecule has 4 rings (SSSR count). The minimum atomic E-state index is -1.28. The Kier molecular flexibility index (Phi) is 9.41. The number of fused-ring (bicyclic) bond motifs is 1. The number of aromatic nitrogens is 1. The lowest BCUT2D eigenvalue weighted by Crippen LogP contribution is -2.43. The Balaban J connectivity index is 0.000000622. The molecule has 9 nitrogen and oxygen atoms in total. The van der Waals surface area contributed by atoms with Gasteiger partial charge in [-0.05, 0) is 25.0 Å². The van der Waals surface area contributed by atoms with E-state index < -0.39 is 17.2 Å². The maximum Gasteiger partial charge on any atom is 0.341 e. The number of hydrogen-bond acceptors (Lipinski definition) is 5. The van der Waals surface area contributed by atoms with Crippen LogP contribution in [0.5, 0.6) is 0 Å². The van der Waals surface area contributed by atoms with Gasteiger partial charge in [-0.1, -0.05) is 6.92 Å². The second-order valence-corrected chi connectivity index (χ2v) is 7.19. The minimum Gasteiger partial charge on any atom is -0.477 e. The van der Waals surface area contributed by atoms with Crippen molar-refractivity contribution < 1.29 is 24.6 Å². The Bertz CT molecular complexity index is 1000. The molecule has 2 fully saturated rings. The number of rotatable bonds is 4. The Morgan fingerprint density at radius 2 is 1.84 bits per heavy atom. The van der Waals surface area contributed by atoms with Gasteiger partial charge in [0.15, 0.2) is 0 Å². The molecule has 1 aliphatic heterocycles. The van der Waals surface area contributed by atoms with Crippen LogP contribution in [-0.2, 0) is 4.79 Å². The number of hydrogen-bond donors (Lipinski definition) is 3. The lowest BCUT2D eigenvalue weighted by atomic mass is 10.1. The van der Waals surface area contributed by atoms with Crippen LogP contribution in [0.2, 0.25) is 0 Å². The zero-order valence-electron chi connectivity index (χ0n) is 17.2. The van der Waals surface area contributed by atoms with E-state index in [9.17, 15) is 23.9 Å². The van der Waals surface area contributed by atoms with Crippen molar-refractivity contribution in [2.45, 2.75) is 32.2 Å². The van der Waals surface area contributed by atoms with Crippen LogP contribution in [0, 0.1) is 5.82 Å². The Hall–Kier alpha value is -2.69. The van der Waals surface area contributed by atoms with Crippen molar-refractivity contribution in [2.75, 3.05) is 31.1 Å². The van der Waals surface area contributed by atoms with Crippen LogP contribution in [0.25, 0.3) is 10.9 Å². The predicted octanol–water partition coefficient (Wildman–Crippen LogP) is 1.06. The van der Waals surface area contributed by atoms with E-state index in [4.69, 9.17) is 0 Å². The van der Waals surface area contributed by atoms with E-state index in [0.29, 0.717) is 30.7 Å². The van der Waals surface area contributed by atoms with Gasteiger partial charge in [0.05, 0.1) is 11.2 Å². The van der Waals surface area contributed by atoms with Gasteiger partial charge in [-0.25, -0.2) is 9.18 Å². The van der Waals surface area contributed by atoms with Crippen LogP contribution in [-0.4, -0.2) is 53.2 Å². The molecule has 0 unspecified atom stereocenters. The van der Waals surface area contributed by atoms with E-state index in [2.05, 4.69) is 11.1 Å². The van der Waals surface area contributed by atoms with E-state index >= 15 is 0 Å². The summed E-state index contributed by atoms with van der Waals surface area (Å²) in [4.78, 5) is 35.3. The molecule has 0 spiro atoms. The zero-order valence-corrected chi connectivity index (χ0v) is 18.0. The number of nitrogens with one attached hydrogen (secondary N) is 1. The predicted molar refractivity (Wildman–Crippen MR) is 119 cm³/mol. The number of carbonyl (C=O) groups excluding carboxylic acids is 1. The van der Waals surface area contributed by atoms with Crippen LogP contribution in [0.4, 0.5) is 10.1 Å². The van der Waals surface area contributed by atoms with Gasteiger partial charge in [-0.15, -0.1) is 12.4 Å². The number of aromatic carboxylic acids is 1. The summed E-state index contributed by atoms with van der Waals surface area (Å²) in [6.45, 7) is 4.69. The fourth-order valence-electron chi connectivity index (χ4n) is 3.31. The van der Waals surface area contributed by atoms with E-state index in [1.165, 1.54) is 12.3 Å². The molecule has 0 atom stereocenters. The first-order valence-corrected chi connectivity index (χ1v) is 9.69. The van der Waals surface area contributed by atoms with E-state index in [0.717, 1.165) is 25.9 Å². The van der Waals surface area contributed by atoms with Gasteiger partial charge in [0.25, 0.3) is 0 Å². The molecule has 1 aromatic heterocycles. The fourth-order valence-corrected chi connectivity index (χ4v) is 3.31. The highest BCUT2D eigenvalue weighted by molar-refractivity contribution is 5.93. The highest BCUT2D eigenvalue weighted by Gasteiger charge is 2.28. The topological polar surface area (TPSA) is 149 Å². The third-order valence-corrected chi connectivity index (χ3v) is 5.08. The molecule has 31 heavy (non-hydrogen) atoms. The molecule has 1 aromatic carbocycles. The summed E-state index contributed by atoms with van der Waals surface area (Å²) in [5, 5.41) is 12.6. The van der Waals surface area contributed by atoms with Gasteiger partial charge in [0.2, 0.25) is 11.3 Å². The van der Waals surface area contributed by atoms with Crippen LogP contribution >= 0.6 is 12.4 Å². The average molecular weight is 459 g/mol. The van der Waals surface area contributed by atoms with E-state index in [1.807, 2.05) is 9.47 Å².